The number of hydrogen-bond donors (Lipinski definition) is 2. The normalized spacial score (nSPS) is 37.8. The van der Waals surface area contributed by atoms with E-state index in [4.69, 9.17) is 0 Å². The van der Waals surface area contributed by atoms with Crippen molar-refractivity contribution in [3.05, 3.63) is 24.0 Å². The average molecular weight is 278 g/mol. The summed E-state index contributed by atoms with van der Waals surface area (Å²) in [6.07, 6.45) is 8.73. The van der Waals surface area contributed by atoms with Crippen molar-refractivity contribution in [1.82, 2.24) is 0 Å². The van der Waals surface area contributed by atoms with E-state index in [1.165, 1.54) is 0 Å². The zero-order chi connectivity index (χ0) is 14.9. The van der Waals surface area contributed by atoms with Gasteiger partial charge in [-0.25, -0.2) is 0 Å². The molecule has 0 spiro atoms. The van der Waals surface area contributed by atoms with E-state index >= 15 is 0 Å². The van der Waals surface area contributed by atoms with E-state index in [1.807, 2.05) is 6.08 Å². The average Bonchev–Trinajstić information content (AvgIpc) is 2.38. The SMILES string of the molecule is CC(C)[C@H]1CC[C@@H](C)CC1[C@]1(C(=O)O)CC=CC=C1O. The summed E-state index contributed by atoms with van der Waals surface area (Å²) in [5, 5.41) is 20.2. The Hall–Kier alpha value is -1.25. The number of rotatable bonds is 3. The number of allylic oxidation sites excluding steroid dienone is 3. The first-order valence-electron chi connectivity index (χ1n) is 7.69. The molecule has 0 radical (unpaired) electrons. The highest BCUT2D eigenvalue weighted by atomic mass is 16.4. The summed E-state index contributed by atoms with van der Waals surface area (Å²) in [6, 6.07) is 0. The van der Waals surface area contributed by atoms with E-state index in [1.54, 1.807) is 12.2 Å². The highest BCUT2D eigenvalue weighted by molar-refractivity contribution is 5.79. The standard InChI is InChI=1S/C17H26O3/c1-11(2)13-8-7-12(3)10-14(13)17(16(19)20)9-5-4-6-15(17)18/h4-6,11-14,18H,7-10H2,1-3H3,(H,19,20)/t12-,13-,14?,17-/m1/s1. The lowest BCUT2D eigenvalue weighted by Crippen LogP contribution is -2.47. The van der Waals surface area contributed by atoms with Crippen LogP contribution in [0, 0.1) is 29.1 Å². The fraction of sp³-hybridized carbons (Fsp3) is 0.706. The molecule has 2 N–H and O–H groups in total. The second kappa shape index (κ2) is 5.63. The molecule has 0 saturated heterocycles. The predicted molar refractivity (Wildman–Crippen MR) is 79.4 cm³/mol. The van der Waals surface area contributed by atoms with Crippen LogP contribution in [0.15, 0.2) is 24.0 Å². The maximum absolute atomic E-state index is 12.0. The smallest absolute Gasteiger partial charge is 0.317 e. The number of hydrogen-bond acceptors (Lipinski definition) is 2. The van der Waals surface area contributed by atoms with Gasteiger partial charge in [-0.3, -0.25) is 4.79 Å². The van der Waals surface area contributed by atoms with Crippen molar-refractivity contribution in [3.63, 3.8) is 0 Å². The minimum atomic E-state index is -1.11. The molecule has 2 rings (SSSR count). The Bertz CT molecular complexity index is 436. The van der Waals surface area contributed by atoms with Gasteiger partial charge in [0.1, 0.15) is 11.2 Å². The molecule has 4 atom stereocenters. The molecule has 112 valence electrons. The summed E-state index contributed by atoms with van der Waals surface area (Å²) < 4.78 is 0. The number of aliphatic hydroxyl groups is 1. The van der Waals surface area contributed by atoms with Crippen LogP contribution in [0.1, 0.15) is 46.5 Å². The summed E-state index contributed by atoms with van der Waals surface area (Å²) in [6.45, 7) is 6.53. The zero-order valence-electron chi connectivity index (χ0n) is 12.7. The third-order valence-electron chi connectivity index (χ3n) is 5.32. The van der Waals surface area contributed by atoms with E-state index in [0.29, 0.717) is 24.2 Å². The summed E-state index contributed by atoms with van der Waals surface area (Å²) in [4.78, 5) is 12.0. The molecule has 3 nitrogen and oxygen atoms in total. The Labute approximate surface area is 121 Å². The van der Waals surface area contributed by atoms with Crippen molar-refractivity contribution in [3.8, 4) is 0 Å². The zero-order valence-corrected chi connectivity index (χ0v) is 12.7. The van der Waals surface area contributed by atoms with Crippen molar-refractivity contribution in [1.29, 1.82) is 0 Å². The predicted octanol–water partition coefficient (Wildman–Crippen LogP) is 4.17. The first-order chi connectivity index (χ1) is 9.39. The maximum atomic E-state index is 12.0. The molecule has 2 aliphatic carbocycles. The molecule has 0 heterocycles. The van der Waals surface area contributed by atoms with Gasteiger partial charge >= 0.3 is 5.97 Å². The van der Waals surface area contributed by atoms with Crippen LogP contribution in [0.4, 0.5) is 0 Å². The minimum Gasteiger partial charge on any atom is -0.511 e. The quantitative estimate of drug-likeness (QED) is 0.814. The van der Waals surface area contributed by atoms with Crippen molar-refractivity contribution in [2.45, 2.75) is 46.5 Å². The molecule has 0 aromatic carbocycles. The summed E-state index contributed by atoms with van der Waals surface area (Å²) in [5.41, 5.74) is -1.11. The lowest BCUT2D eigenvalue weighted by Gasteiger charge is -2.47. The number of aliphatic hydroxyl groups excluding tert-OH is 1. The number of carboxylic acid groups (broad SMARTS) is 1. The van der Waals surface area contributed by atoms with E-state index < -0.39 is 11.4 Å². The van der Waals surface area contributed by atoms with Gasteiger partial charge in [-0.2, -0.15) is 0 Å². The van der Waals surface area contributed by atoms with Gasteiger partial charge in [-0.05, 0) is 49.0 Å². The molecular weight excluding hydrogens is 252 g/mol. The topological polar surface area (TPSA) is 57.5 Å². The second-order valence-corrected chi connectivity index (χ2v) is 6.89. The van der Waals surface area contributed by atoms with Crippen LogP contribution in [0.25, 0.3) is 0 Å². The third kappa shape index (κ3) is 2.38. The van der Waals surface area contributed by atoms with Gasteiger partial charge < -0.3 is 10.2 Å². The monoisotopic (exact) mass is 278 g/mol. The van der Waals surface area contributed by atoms with Crippen LogP contribution in [0.5, 0.6) is 0 Å². The largest absolute Gasteiger partial charge is 0.511 e. The van der Waals surface area contributed by atoms with Crippen LogP contribution in [-0.4, -0.2) is 16.2 Å². The second-order valence-electron chi connectivity index (χ2n) is 6.89. The third-order valence-corrected chi connectivity index (χ3v) is 5.32. The molecule has 0 aromatic heterocycles. The Kier molecular flexibility index (Phi) is 4.26. The molecule has 0 aromatic rings. The van der Waals surface area contributed by atoms with E-state index in [0.717, 1.165) is 19.3 Å². The van der Waals surface area contributed by atoms with Crippen LogP contribution >= 0.6 is 0 Å². The molecule has 1 saturated carbocycles. The van der Waals surface area contributed by atoms with Gasteiger partial charge in [-0.15, -0.1) is 0 Å². The maximum Gasteiger partial charge on any atom is 0.317 e. The van der Waals surface area contributed by atoms with Gasteiger partial charge in [-0.1, -0.05) is 39.3 Å². The summed E-state index contributed by atoms with van der Waals surface area (Å²) in [5.74, 6) is 0.527. The molecule has 0 bridgehead atoms. The number of carboxylic acids is 1. The highest BCUT2D eigenvalue weighted by Crippen LogP contribution is 2.52. The van der Waals surface area contributed by atoms with Crippen molar-refractivity contribution in [2.24, 2.45) is 29.1 Å². The van der Waals surface area contributed by atoms with Gasteiger partial charge in [0.15, 0.2) is 0 Å². The molecule has 3 heteroatoms. The summed E-state index contributed by atoms with van der Waals surface area (Å²) in [7, 11) is 0. The fourth-order valence-electron chi connectivity index (χ4n) is 4.13. The molecule has 0 amide bonds. The highest BCUT2D eigenvalue weighted by Gasteiger charge is 2.53. The molecule has 2 aliphatic rings. The van der Waals surface area contributed by atoms with Gasteiger partial charge in [0.05, 0.1) is 0 Å². The molecule has 20 heavy (non-hydrogen) atoms. The van der Waals surface area contributed by atoms with Crippen molar-refractivity contribution in [2.75, 3.05) is 0 Å². The first-order valence-corrected chi connectivity index (χ1v) is 7.69. The first kappa shape index (κ1) is 15.1. The molecule has 1 unspecified atom stereocenters. The van der Waals surface area contributed by atoms with Crippen LogP contribution < -0.4 is 0 Å². The van der Waals surface area contributed by atoms with Crippen LogP contribution in [0.2, 0.25) is 0 Å². The lowest BCUT2D eigenvalue weighted by molar-refractivity contribution is -0.155. The van der Waals surface area contributed by atoms with Gasteiger partial charge in [0.2, 0.25) is 0 Å². The van der Waals surface area contributed by atoms with E-state index in [-0.39, 0.29) is 11.7 Å². The van der Waals surface area contributed by atoms with Gasteiger partial charge in [0, 0.05) is 0 Å². The molecule has 0 aliphatic heterocycles. The summed E-state index contributed by atoms with van der Waals surface area (Å²) >= 11 is 0. The van der Waals surface area contributed by atoms with Crippen LogP contribution in [-0.2, 0) is 4.79 Å². The fourth-order valence-corrected chi connectivity index (χ4v) is 4.13. The minimum absolute atomic E-state index is 0.0185. The molecular formula is C17H26O3. The lowest BCUT2D eigenvalue weighted by atomic mass is 9.56. The van der Waals surface area contributed by atoms with Crippen LogP contribution in [0.3, 0.4) is 0 Å². The van der Waals surface area contributed by atoms with Crippen molar-refractivity contribution >= 4 is 5.97 Å². The van der Waals surface area contributed by atoms with Crippen molar-refractivity contribution < 1.29 is 15.0 Å². The Morgan fingerprint density at radius 1 is 1.40 bits per heavy atom. The Morgan fingerprint density at radius 3 is 2.65 bits per heavy atom. The number of carbonyl (C=O) groups is 1. The Balaban J connectivity index is 2.43. The van der Waals surface area contributed by atoms with E-state index in [9.17, 15) is 15.0 Å². The van der Waals surface area contributed by atoms with Gasteiger partial charge in [0.25, 0.3) is 0 Å². The molecule has 1 fully saturated rings. The number of aliphatic carboxylic acids is 1. The van der Waals surface area contributed by atoms with E-state index in [2.05, 4.69) is 20.8 Å². The Morgan fingerprint density at radius 2 is 2.10 bits per heavy atom.